The van der Waals surface area contributed by atoms with Gasteiger partial charge in [-0.05, 0) is 32.0 Å². The van der Waals surface area contributed by atoms with Crippen LogP contribution in [0.3, 0.4) is 0 Å². The van der Waals surface area contributed by atoms with E-state index in [1.807, 2.05) is 0 Å². The molecule has 0 saturated carbocycles. The Bertz CT molecular complexity index is 1510. The standard InChI is InChI=1S/C23H19Cl2F5N4O4S/c1-9(2)32-8-16-33(39(37,38)15-4-3-10(24)5-12(15)25)7-13(31)22(35)34(16)14(23(32)36)6-11-17(26)19(28)21(30)20(29)18(11)27/h3-5,8-9,13-14H,6-7,31H2,1-2H3. The maximum Gasteiger partial charge on any atom is 0.267 e. The van der Waals surface area contributed by atoms with Crippen LogP contribution in [-0.2, 0) is 26.0 Å². The summed E-state index contributed by atoms with van der Waals surface area (Å²) in [6.45, 7) is 2.43. The van der Waals surface area contributed by atoms with Gasteiger partial charge in [0.15, 0.2) is 23.3 Å². The topological polar surface area (TPSA) is 104 Å². The summed E-state index contributed by atoms with van der Waals surface area (Å²) in [6.07, 6.45) is -0.146. The minimum absolute atomic E-state index is 0.127. The molecule has 2 N–H and O–H groups in total. The van der Waals surface area contributed by atoms with Crippen LogP contribution in [0.2, 0.25) is 10.0 Å². The van der Waals surface area contributed by atoms with Gasteiger partial charge in [0.05, 0.1) is 11.6 Å². The molecule has 2 heterocycles. The highest BCUT2D eigenvalue weighted by atomic mass is 35.5. The molecule has 0 bridgehead atoms. The van der Waals surface area contributed by atoms with E-state index in [0.29, 0.717) is 9.21 Å². The zero-order valence-corrected chi connectivity index (χ0v) is 22.4. The Labute approximate surface area is 229 Å². The average molecular weight is 613 g/mol. The smallest absolute Gasteiger partial charge is 0.267 e. The molecule has 0 radical (unpaired) electrons. The number of rotatable bonds is 5. The van der Waals surface area contributed by atoms with E-state index in [4.69, 9.17) is 28.9 Å². The highest BCUT2D eigenvalue weighted by molar-refractivity contribution is 7.89. The van der Waals surface area contributed by atoms with Crippen molar-refractivity contribution in [1.29, 1.82) is 0 Å². The number of carbonyl (C=O) groups is 2. The van der Waals surface area contributed by atoms with Crippen LogP contribution in [0.25, 0.3) is 0 Å². The largest absolute Gasteiger partial charge is 0.318 e. The molecule has 2 aromatic carbocycles. The molecule has 2 atom stereocenters. The molecule has 210 valence electrons. The van der Waals surface area contributed by atoms with Gasteiger partial charge in [0, 0.05) is 29.2 Å². The highest BCUT2D eigenvalue weighted by Gasteiger charge is 2.50. The number of hydrogen-bond acceptors (Lipinski definition) is 5. The number of benzene rings is 2. The molecule has 1 fully saturated rings. The Morgan fingerprint density at radius 3 is 2.08 bits per heavy atom. The number of nitrogens with zero attached hydrogens (tertiary/aromatic N) is 3. The van der Waals surface area contributed by atoms with Gasteiger partial charge in [0.1, 0.15) is 22.8 Å². The molecule has 0 aliphatic carbocycles. The van der Waals surface area contributed by atoms with E-state index in [1.165, 1.54) is 19.9 Å². The number of nitrogens with two attached hydrogens (primary N) is 1. The zero-order chi connectivity index (χ0) is 29.1. The lowest BCUT2D eigenvalue weighted by Gasteiger charge is -2.48. The summed E-state index contributed by atoms with van der Waals surface area (Å²) in [7, 11) is -4.59. The third kappa shape index (κ3) is 4.72. The number of sulfonamides is 1. The second kappa shape index (κ2) is 10.2. The number of carbonyl (C=O) groups excluding carboxylic acids is 2. The van der Waals surface area contributed by atoms with Crippen molar-refractivity contribution in [2.75, 3.05) is 6.54 Å². The highest BCUT2D eigenvalue weighted by Crippen LogP contribution is 2.37. The Morgan fingerprint density at radius 2 is 1.54 bits per heavy atom. The van der Waals surface area contributed by atoms with Crippen molar-refractivity contribution in [3.05, 3.63) is 74.9 Å². The second-order valence-corrected chi connectivity index (χ2v) is 11.7. The molecule has 0 aromatic heterocycles. The first-order chi connectivity index (χ1) is 18.1. The average Bonchev–Trinajstić information content (AvgIpc) is 2.86. The van der Waals surface area contributed by atoms with Gasteiger partial charge in [-0.25, -0.2) is 34.7 Å². The molecule has 2 aliphatic rings. The fourth-order valence-corrected chi connectivity index (χ4v) is 6.52. The molecule has 2 amide bonds. The van der Waals surface area contributed by atoms with Crippen LogP contribution >= 0.6 is 23.2 Å². The Morgan fingerprint density at radius 1 is 0.974 bits per heavy atom. The van der Waals surface area contributed by atoms with E-state index in [9.17, 15) is 40.0 Å². The third-order valence-corrected chi connectivity index (χ3v) is 8.73. The molecular weight excluding hydrogens is 594 g/mol. The monoisotopic (exact) mass is 612 g/mol. The summed E-state index contributed by atoms with van der Waals surface area (Å²) in [6, 6.07) is -0.654. The predicted octanol–water partition coefficient (Wildman–Crippen LogP) is 3.51. The first-order valence-electron chi connectivity index (χ1n) is 11.2. The molecule has 8 nitrogen and oxygen atoms in total. The van der Waals surface area contributed by atoms with E-state index < -0.39 is 98.3 Å². The summed E-state index contributed by atoms with van der Waals surface area (Å²) in [5, 5.41) is -0.145. The first kappa shape index (κ1) is 29.1. The molecule has 2 aliphatic heterocycles. The van der Waals surface area contributed by atoms with Gasteiger partial charge in [-0.3, -0.25) is 14.5 Å². The SMILES string of the molecule is CC(C)N1C=C2N(C(=O)C(N)CN2S(=O)(=O)c2ccc(Cl)cc2Cl)C(Cc2c(F)c(F)c(F)c(F)c2F)C1=O. The maximum absolute atomic E-state index is 14.6. The van der Waals surface area contributed by atoms with Crippen molar-refractivity contribution in [3.63, 3.8) is 0 Å². The quantitative estimate of drug-likeness (QED) is 0.316. The van der Waals surface area contributed by atoms with Crippen molar-refractivity contribution in [2.45, 2.75) is 43.3 Å². The molecule has 4 rings (SSSR count). The minimum Gasteiger partial charge on any atom is -0.318 e. The van der Waals surface area contributed by atoms with E-state index in [1.54, 1.807) is 0 Å². The summed E-state index contributed by atoms with van der Waals surface area (Å²) < 4.78 is 98.7. The van der Waals surface area contributed by atoms with Crippen molar-refractivity contribution >= 4 is 45.0 Å². The van der Waals surface area contributed by atoms with Gasteiger partial charge >= 0.3 is 0 Å². The van der Waals surface area contributed by atoms with E-state index in [2.05, 4.69) is 0 Å². The Balaban J connectivity index is 1.90. The molecule has 0 spiro atoms. The lowest BCUT2D eigenvalue weighted by Crippen LogP contribution is -2.66. The van der Waals surface area contributed by atoms with Crippen LogP contribution < -0.4 is 5.73 Å². The Hall–Kier alpha value is -2.94. The number of fused-ring (bicyclic) bond motifs is 1. The van der Waals surface area contributed by atoms with Gasteiger partial charge in [-0.15, -0.1) is 0 Å². The van der Waals surface area contributed by atoms with Crippen molar-refractivity contribution in [1.82, 2.24) is 14.1 Å². The fourth-order valence-electron chi connectivity index (χ4n) is 4.30. The van der Waals surface area contributed by atoms with Gasteiger partial charge in [0.2, 0.25) is 17.6 Å². The number of hydrogen-bond donors (Lipinski definition) is 1. The van der Waals surface area contributed by atoms with Gasteiger partial charge < -0.3 is 10.6 Å². The molecule has 1 saturated heterocycles. The van der Waals surface area contributed by atoms with Crippen LogP contribution in [0, 0.1) is 29.1 Å². The van der Waals surface area contributed by atoms with Crippen molar-refractivity contribution in [3.8, 4) is 0 Å². The van der Waals surface area contributed by atoms with Crippen molar-refractivity contribution in [2.24, 2.45) is 5.73 Å². The van der Waals surface area contributed by atoms with Crippen LogP contribution in [0.15, 0.2) is 35.1 Å². The van der Waals surface area contributed by atoms with E-state index >= 15 is 0 Å². The first-order valence-corrected chi connectivity index (χ1v) is 13.4. The zero-order valence-electron chi connectivity index (χ0n) is 20.1. The summed E-state index contributed by atoms with van der Waals surface area (Å²) in [5.41, 5.74) is 4.55. The summed E-state index contributed by atoms with van der Waals surface area (Å²) in [4.78, 5) is 27.7. The van der Waals surface area contributed by atoms with Gasteiger partial charge in [-0.2, -0.15) is 0 Å². The molecule has 39 heavy (non-hydrogen) atoms. The van der Waals surface area contributed by atoms with Crippen LogP contribution in [-0.4, -0.2) is 59.0 Å². The van der Waals surface area contributed by atoms with E-state index in [-0.39, 0.29) is 10.0 Å². The van der Waals surface area contributed by atoms with E-state index in [0.717, 1.165) is 23.2 Å². The Kier molecular flexibility index (Phi) is 7.62. The number of amides is 2. The summed E-state index contributed by atoms with van der Waals surface area (Å²) >= 11 is 12.0. The fraction of sp³-hybridized carbons (Fsp3) is 0.304. The lowest BCUT2D eigenvalue weighted by atomic mass is 9.97. The third-order valence-electron chi connectivity index (χ3n) is 6.24. The van der Waals surface area contributed by atoms with Gasteiger partial charge in [0.25, 0.3) is 10.0 Å². The van der Waals surface area contributed by atoms with Crippen molar-refractivity contribution < 1.29 is 40.0 Å². The molecule has 16 heteroatoms. The van der Waals surface area contributed by atoms with Gasteiger partial charge in [-0.1, -0.05) is 23.2 Å². The summed E-state index contributed by atoms with van der Waals surface area (Å²) in [5.74, 6) is -13.7. The second-order valence-electron chi connectivity index (χ2n) is 9.02. The predicted molar refractivity (Wildman–Crippen MR) is 129 cm³/mol. The molecular formula is C23H19Cl2F5N4O4S. The van der Waals surface area contributed by atoms with Crippen LogP contribution in [0.5, 0.6) is 0 Å². The lowest BCUT2D eigenvalue weighted by molar-refractivity contribution is -0.149. The normalized spacial score (nSPS) is 20.1. The molecule has 2 aromatic rings. The maximum atomic E-state index is 14.6. The minimum atomic E-state index is -4.59. The number of halogens is 7. The van der Waals surface area contributed by atoms with Crippen LogP contribution in [0.1, 0.15) is 19.4 Å². The van der Waals surface area contributed by atoms with Crippen LogP contribution in [0.4, 0.5) is 22.0 Å². The molecule has 2 unspecified atom stereocenters.